The van der Waals surface area contributed by atoms with Gasteiger partial charge in [0.1, 0.15) is 5.69 Å². The van der Waals surface area contributed by atoms with Crippen molar-refractivity contribution in [1.82, 2.24) is 9.78 Å². The van der Waals surface area contributed by atoms with Crippen LogP contribution in [0.2, 0.25) is 0 Å². The molecule has 0 radical (unpaired) electrons. The maximum absolute atomic E-state index is 13.1. The van der Waals surface area contributed by atoms with E-state index in [0.717, 1.165) is 7.05 Å². The molecule has 3 nitrogen and oxygen atoms in total. The molecule has 2 N–H and O–H groups in total. The molecule has 0 amide bonds. The highest BCUT2D eigenvalue weighted by Crippen LogP contribution is 2.44. The van der Waals surface area contributed by atoms with Crippen LogP contribution >= 0.6 is 0 Å². The van der Waals surface area contributed by atoms with Crippen molar-refractivity contribution in [2.24, 2.45) is 18.7 Å². The minimum Gasteiger partial charge on any atom is -0.330 e. The van der Waals surface area contributed by atoms with E-state index in [2.05, 4.69) is 5.10 Å². The minimum atomic E-state index is -4.94. The average Bonchev–Trinajstić information content (AvgIpc) is 2.65. The molecule has 21 heavy (non-hydrogen) atoms. The molecule has 0 aliphatic carbocycles. The van der Waals surface area contributed by atoms with Gasteiger partial charge in [-0.15, -0.1) is 0 Å². The zero-order valence-electron chi connectivity index (χ0n) is 11.8. The summed E-state index contributed by atoms with van der Waals surface area (Å²) in [5.41, 5.74) is 1.69. The molecule has 0 spiro atoms. The summed E-state index contributed by atoms with van der Waals surface area (Å²) in [6, 6.07) is 0. The maximum atomic E-state index is 13.1. The number of hydrogen-bond donors (Lipinski definition) is 1. The molecule has 122 valence electrons. The Bertz CT molecular complexity index is 488. The third-order valence-electron chi connectivity index (χ3n) is 3.55. The normalized spacial score (nSPS) is 16.1. The molecule has 0 saturated carbocycles. The number of alkyl halides is 6. The second kappa shape index (κ2) is 5.86. The summed E-state index contributed by atoms with van der Waals surface area (Å²) in [6.07, 6.45) is -9.52. The Hall–Kier alpha value is -1.25. The van der Waals surface area contributed by atoms with Gasteiger partial charge in [-0.25, -0.2) is 0 Å². The van der Waals surface area contributed by atoms with Gasteiger partial charge < -0.3 is 5.73 Å². The van der Waals surface area contributed by atoms with Crippen molar-refractivity contribution in [3.05, 3.63) is 17.0 Å². The van der Waals surface area contributed by atoms with E-state index in [1.165, 1.54) is 6.92 Å². The van der Waals surface area contributed by atoms with Crippen LogP contribution < -0.4 is 5.73 Å². The van der Waals surface area contributed by atoms with Crippen molar-refractivity contribution in [3.8, 4) is 0 Å². The number of nitrogens with zero attached hydrogens (tertiary/aromatic N) is 2. The number of rotatable bonds is 4. The molecule has 2 unspecified atom stereocenters. The highest BCUT2D eigenvalue weighted by Gasteiger charge is 2.47. The quantitative estimate of drug-likeness (QED) is 0.863. The number of nitrogens with two attached hydrogens (primary N) is 1. The predicted molar refractivity (Wildman–Crippen MR) is 64.5 cm³/mol. The van der Waals surface area contributed by atoms with Gasteiger partial charge in [0.05, 0.1) is 0 Å². The Balaban J connectivity index is 3.51. The second-order valence-corrected chi connectivity index (χ2v) is 5.07. The van der Waals surface area contributed by atoms with Crippen molar-refractivity contribution >= 4 is 0 Å². The first kappa shape index (κ1) is 17.8. The molecule has 0 aliphatic heterocycles. The smallest absolute Gasteiger partial charge is 0.330 e. The zero-order chi connectivity index (χ0) is 16.6. The topological polar surface area (TPSA) is 43.8 Å². The van der Waals surface area contributed by atoms with Crippen LogP contribution in [-0.2, 0) is 19.4 Å². The van der Waals surface area contributed by atoms with Gasteiger partial charge in [0, 0.05) is 12.6 Å². The molecule has 0 saturated heterocycles. The Labute approximate surface area is 118 Å². The van der Waals surface area contributed by atoms with Crippen molar-refractivity contribution in [2.75, 3.05) is 6.54 Å². The second-order valence-electron chi connectivity index (χ2n) is 5.07. The summed E-state index contributed by atoms with van der Waals surface area (Å²) in [4.78, 5) is 0. The van der Waals surface area contributed by atoms with Crippen LogP contribution in [0.4, 0.5) is 26.3 Å². The average molecular weight is 317 g/mol. The molecule has 2 atom stereocenters. The summed E-state index contributed by atoms with van der Waals surface area (Å²) in [7, 11) is 0.863. The summed E-state index contributed by atoms with van der Waals surface area (Å²) in [6.45, 7) is 3.10. The fourth-order valence-corrected chi connectivity index (χ4v) is 2.31. The fourth-order valence-electron chi connectivity index (χ4n) is 2.31. The highest BCUT2D eigenvalue weighted by molar-refractivity contribution is 5.34. The van der Waals surface area contributed by atoms with Crippen LogP contribution in [0.3, 0.4) is 0 Å². The summed E-state index contributed by atoms with van der Waals surface area (Å²) < 4.78 is 78.4. The summed E-state index contributed by atoms with van der Waals surface area (Å²) in [5.74, 6) is -1.39. The van der Waals surface area contributed by atoms with E-state index in [1.807, 2.05) is 0 Å². The van der Waals surface area contributed by atoms with Gasteiger partial charge in [-0.3, -0.25) is 4.68 Å². The van der Waals surface area contributed by atoms with Gasteiger partial charge in [0.15, 0.2) is 5.69 Å². The van der Waals surface area contributed by atoms with Crippen LogP contribution in [0.5, 0.6) is 0 Å². The first-order valence-corrected chi connectivity index (χ1v) is 6.32. The molecule has 1 aromatic heterocycles. The SMILES string of the molecule is CC(CCN)C(C)c1c(C(F)(F)F)nn(C)c1C(F)(F)F. The van der Waals surface area contributed by atoms with E-state index in [1.54, 1.807) is 6.92 Å². The molecule has 1 aromatic rings. The first-order valence-electron chi connectivity index (χ1n) is 6.32. The van der Waals surface area contributed by atoms with Gasteiger partial charge in [0.25, 0.3) is 0 Å². The Morgan fingerprint density at radius 2 is 1.62 bits per heavy atom. The fraction of sp³-hybridized carbons (Fsp3) is 0.750. The Morgan fingerprint density at radius 1 is 1.10 bits per heavy atom. The lowest BCUT2D eigenvalue weighted by Gasteiger charge is -2.22. The maximum Gasteiger partial charge on any atom is 0.435 e. The highest BCUT2D eigenvalue weighted by atomic mass is 19.4. The molecular formula is C12H17F6N3. The lowest BCUT2D eigenvalue weighted by molar-refractivity contribution is -0.145. The number of aryl methyl sites for hydroxylation is 1. The molecular weight excluding hydrogens is 300 g/mol. The van der Waals surface area contributed by atoms with Gasteiger partial charge >= 0.3 is 12.4 Å². The van der Waals surface area contributed by atoms with Crippen LogP contribution in [0.1, 0.15) is 43.1 Å². The van der Waals surface area contributed by atoms with Gasteiger partial charge in [-0.05, 0) is 24.8 Å². The largest absolute Gasteiger partial charge is 0.435 e. The standard InChI is InChI=1S/C12H17F6N3/c1-6(4-5-19)7(2)8-9(11(13,14)15)20-21(3)10(8)12(16,17)18/h6-7H,4-5,19H2,1-3H3. The third-order valence-corrected chi connectivity index (χ3v) is 3.55. The molecule has 1 heterocycles. The molecule has 0 fully saturated rings. The number of hydrogen-bond acceptors (Lipinski definition) is 2. The molecule has 1 rings (SSSR count). The van der Waals surface area contributed by atoms with Crippen LogP contribution in [0.15, 0.2) is 0 Å². The summed E-state index contributed by atoms with van der Waals surface area (Å²) >= 11 is 0. The Morgan fingerprint density at radius 3 is 2.00 bits per heavy atom. The van der Waals surface area contributed by atoms with E-state index in [9.17, 15) is 26.3 Å². The number of halogens is 6. The van der Waals surface area contributed by atoms with E-state index < -0.39 is 41.1 Å². The third kappa shape index (κ3) is 3.69. The predicted octanol–water partition coefficient (Wildman–Crippen LogP) is 3.55. The monoisotopic (exact) mass is 317 g/mol. The van der Waals surface area contributed by atoms with Gasteiger partial charge in [-0.1, -0.05) is 13.8 Å². The lowest BCUT2D eigenvalue weighted by atomic mass is 9.85. The van der Waals surface area contributed by atoms with Crippen molar-refractivity contribution < 1.29 is 26.3 Å². The van der Waals surface area contributed by atoms with Gasteiger partial charge in [-0.2, -0.15) is 31.4 Å². The zero-order valence-corrected chi connectivity index (χ0v) is 11.8. The van der Waals surface area contributed by atoms with E-state index in [0.29, 0.717) is 6.42 Å². The number of aromatic nitrogens is 2. The molecule has 9 heteroatoms. The Kier molecular flexibility index (Phi) is 4.97. The van der Waals surface area contributed by atoms with Crippen LogP contribution in [0.25, 0.3) is 0 Å². The summed E-state index contributed by atoms with van der Waals surface area (Å²) in [5, 5.41) is 3.05. The van der Waals surface area contributed by atoms with E-state index >= 15 is 0 Å². The van der Waals surface area contributed by atoms with Crippen molar-refractivity contribution in [2.45, 2.75) is 38.5 Å². The first-order chi connectivity index (χ1) is 9.41. The van der Waals surface area contributed by atoms with E-state index in [4.69, 9.17) is 5.73 Å². The lowest BCUT2D eigenvalue weighted by Crippen LogP contribution is -2.20. The molecule has 0 aliphatic rings. The minimum absolute atomic E-state index is 0.189. The van der Waals surface area contributed by atoms with Gasteiger partial charge in [0.2, 0.25) is 0 Å². The molecule has 0 aromatic carbocycles. The van der Waals surface area contributed by atoms with Crippen LogP contribution in [-0.4, -0.2) is 16.3 Å². The van der Waals surface area contributed by atoms with E-state index in [-0.39, 0.29) is 11.2 Å². The van der Waals surface area contributed by atoms with Crippen LogP contribution in [0, 0.1) is 5.92 Å². The van der Waals surface area contributed by atoms with Crippen molar-refractivity contribution in [3.63, 3.8) is 0 Å². The van der Waals surface area contributed by atoms with Crippen molar-refractivity contribution in [1.29, 1.82) is 0 Å². The molecule has 0 bridgehead atoms.